The van der Waals surface area contributed by atoms with Gasteiger partial charge in [-0.3, -0.25) is 14.9 Å². The highest BCUT2D eigenvalue weighted by Gasteiger charge is 2.47. The van der Waals surface area contributed by atoms with E-state index in [1.807, 2.05) is 0 Å². The number of ether oxygens (including phenoxy) is 2. The molecule has 1 atom stereocenters. The smallest absolute Gasteiger partial charge is 0.335 e. The zero-order chi connectivity index (χ0) is 19.0. The normalized spacial score (nSPS) is 11.5. The molecule has 0 fully saturated rings. The Morgan fingerprint density at radius 2 is 1.92 bits per heavy atom. The van der Waals surface area contributed by atoms with Crippen LogP contribution in [0.4, 0.5) is 0 Å². The molecule has 1 aromatic rings. The van der Waals surface area contributed by atoms with Gasteiger partial charge in [0.05, 0.1) is 7.11 Å². The fourth-order valence-corrected chi connectivity index (χ4v) is 1.86. The lowest BCUT2D eigenvalue weighted by Gasteiger charge is -2.25. The number of nitrogens with zero attached hydrogens (tertiary/aromatic N) is 1. The van der Waals surface area contributed by atoms with Crippen molar-refractivity contribution in [3.63, 3.8) is 0 Å². The van der Waals surface area contributed by atoms with E-state index in [1.54, 1.807) is 19.1 Å². The number of amides is 1. The highest BCUT2D eigenvalue weighted by atomic mass is 16.6. The third kappa shape index (κ3) is 5.21. The lowest BCUT2D eigenvalue weighted by Crippen LogP contribution is -2.58. The summed E-state index contributed by atoms with van der Waals surface area (Å²) < 4.78 is 9.90. The van der Waals surface area contributed by atoms with E-state index in [4.69, 9.17) is 4.74 Å². The molecule has 1 aromatic carbocycles. The molecule has 134 valence electrons. The van der Waals surface area contributed by atoms with E-state index in [9.17, 15) is 19.7 Å². The minimum atomic E-state index is -1.73. The van der Waals surface area contributed by atoms with Gasteiger partial charge in [-0.05, 0) is 31.2 Å². The number of nitro groups is 1. The van der Waals surface area contributed by atoms with Gasteiger partial charge in [-0.15, -0.1) is 5.92 Å². The molecule has 0 saturated carbocycles. The molecule has 8 nitrogen and oxygen atoms in total. The fourth-order valence-electron chi connectivity index (χ4n) is 1.86. The summed E-state index contributed by atoms with van der Waals surface area (Å²) in [6, 6.07) is 4.67. The van der Waals surface area contributed by atoms with Crippen molar-refractivity contribution < 1.29 is 24.0 Å². The Labute approximate surface area is 145 Å². The standard InChI is InChI=1S/C17H20N2O6/c1-5-6-11-25-13-9-7-12(8-10-13)15(20)18-14(16(21)24-4)17(2,3)19(22)23/h7-10,14H,11H2,1-4H3,(H,18,20). The van der Waals surface area contributed by atoms with Crippen LogP contribution in [0.2, 0.25) is 0 Å². The van der Waals surface area contributed by atoms with Crippen molar-refractivity contribution in [1.29, 1.82) is 0 Å². The van der Waals surface area contributed by atoms with Gasteiger partial charge in [0.1, 0.15) is 12.4 Å². The van der Waals surface area contributed by atoms with Gasteiger partial charge in [-0.2, -0.15) is 0 Å². The molecule has 0 radical (unpaired) electrons. The van der Waals surface area contributed by atoms with Crippen molar-refractivity contribution >= 4 is 11.9 Å². The molecule has 0 saturated heterocycles. The minimum Gasteiger partial charge on any atom is -0.481 e. The summed E-state index contributed by atoms with van der Waals surface area (Å²) in [5, 5.41) is 13.5. The number of esters is 1. The third-order valence-electron chi connectivity index (χ3n) is 3.49. The van der Waals surface area contributed by atoms with Crippen molar-refractivity contribution in [1.82, 2.24) is 5.32 Å². The zero-order valence-electron chi connectivity index (χ0n) is 14.5. The predicted molar refractivity (Wildman–Crippen MR) is 89.7 cm³/mol. The Kier molecular flexibility index (Phi) is 6.93. The summed E-state index contributed by atoms with van der Waals surface area (Å²) >= 11 is 0. The second-order valence-corrected chi connectivity index (χ2v) is 5.58. The number of benzene rings is 1. The Bertz CT molecular complexity index is 700. The number of nitrogens with one attached hydrogen (secondary N) is 1. The molecule has 0 spiro atoms. The monoisotopic (exact) mass is 348 g/mol. The summed E-state index contributed by atoms with van der Waals surface area (Å²) in [6.07, 6.45) is 0. The van der Waals surface area contributed by atoms with Gasteiger partial charge in [0.2, 0.25) is 5.54 Å². The van der Waals surface area contributed by atoms with Crippen molar-refractivity contribution in [3.05, 3.63) is 39.9 Å². The Balaban J connectivity index is 2.91. The predicted octanol–water partition coefficient (Wildman–Crippen LogP) is 1.42. The molecule has 8 heteroatoms. The van der Waals surface area contributed by atoms with Gasteiger partial charge in [0.25, 0.3) is 5.91 Å². The molecular weight excluding hydrogens is 328 g/mol. The average Bonchev–Trinajstić information content (AvgIpc) is 2.59. The van der Waals surface area contributed by atoms with Crippen LogP contribution in [0.5, 0.6) is 5.75 Å². The first-order valence-corrected chi connectivity index (χ1v) is 7.39. The van der Waals surface area contributed by atoms with Gasteiger partial charge in [-0.25, -0.2) is 4.79 Å². The van der Waals surface area contributed by atoms with Crippen LogP contribution >= 0.6 is 0 Å². The molecule has 0 aliphatic rings. The molecule has 1 amide bonds. The fraction of sp³-hybridized carbons (Fsp3) is 0.412. The number of carbonyl (C=O) groups excluding carboxylic acids is 2. The van der Waals surface area contributed by atoms with E-state index in [0.717, 1.165) is 7.11 Å². The molecule has 25 heavy (non-hydrogen) atoms. The molecule has 0 aliphatic heterocycles. The van der Waals surface area contributed by atoms with E-state index >= 15 is 0 Å². The molecule has 0 bridgehead atoms. The van der Waals surface area contributed by atoms with E-state index in [0.29, 0.717) is 5.75 Å². The maximum atomic E-state index is 12.3. The lowest BCUT2D eigenvalue weighted by molar-refractivity contribution is -0.562. The van der Waals surface area contributed by atoms with Crippen LogP contribution in [0.3, 0.4) is 0 Å². The Morgan fingerprint density at radius 3 is 2.40 bits per heavy atom. The maximum Gasteiger partial charge on any atom is 0.335 e. The SMILES string of the molecule is CC#CCOc1ccc(C(=O)NC(C(=O)OC)C(C)(C)[N+](=O)[O-])cc1. The number of rotatable bonds is 7. The van der Waals surface area contributed by atoms with Crippen molar-refractivity contribution in [3.8, 4) is 17.6 Å². The summed E-state index contributed by atoms with van der Waals surface area (Å²) in [5.41, 5.74) is -1.51. The largest absolute Gasteiger partial charge is 0.481 e. The summed E-state index contributed by atoms with van der Waals surface area (Å²) in [6.45, 7) is 4.39. The van der Waals surface area contributed by atoms with Crippen molar-refractivity contribution in [2.75, 3.05) is 13.7 Å². The number of carbonyl (C=O) groups is 2. The molecule has 0 aromatic heterocycles. The highest BCUT2D eigenvalue weighted by molar-refractivity contribution is 5.97. The first-order valence-electron chi connectivity index (χ1n) is 7.39. The molecule has 0 heterocycles. The van der Waals surface area contributed by atoms with Crippen LogP contribution in [-0.2, 0) is 9.53 Å². The van der Waals surface area contributed by atoms with Crippen molar-refractivity contribution in [2.24, 2.45) is 0 Å². The highest BCUT2D eigenvalue weighted by Crippen LogP contribution is 2.17. The lowest BCUT2D eigenvalue weighted by atomic mass is 9.95. The van der Waals surface area contributed by atoms with E-state index in [-0.39, 0.29) is 12.2 Å². The van der Waals surface area contributed by atoms with Crippen LogP contribution in [0.1, 0.15) is 31.1 Å². The second-order valence-electron chi connectivity index (χ2n) is 5.58. The molecule has 1 unspecified atom stereocenters. The van der Waals surface area contributed by atoms with E-state index in [1.165, 1.54) is 26.0 Å². The quantitative estimate of drug-likeness (QED) is 0.345. The number of hydrogen-bond acceptors (Lipinski definition) is 6. The van der Waals surface area contributed by atoms with E-state index in [2.05, 4.69) is 21.9 Å². The molecule has 1 N–H and O–H groups in total. The van der Waals surface area contributed by atoms with Crippen LogP contribution in [0, 0.1) is 22.0 Å². The number of methoxy groups -OCH3 is 1. The summed E-state index contributed by atoms with van der Waals surface area (Å²) in [7, 11) is 1.10. The van der Waals surface area contributed by atoms with Crippen molar-refractivity contribution in [2.45, 2.75) is 32.4 Å². The average molecular weight is 348 g/mol. The summed E-state index contributed by atoms with van der Waals surface area (Å²) in [4.78, 5) is 34.7. The molecule has 1 rings (SSSR count). The first-order chi connectivity index (χ1) is 11.7. The molecular formula is C17H20N2O6. The van der Waals surface area contributed by atoms with Crippen LogP contribution in [0.15, 0.2) is 24.3 Å². The molecule has 0 aliphatic carbocycles. The van der Waals surface area contributed by atoms with Gasteiger partial charge < -0.3 is 14.8 Å². The zero-order valence-corrected chi connectivity index (χ0v) is 14.5. The second kappa shape index (κ2) is 8.68. The summed E-state index contributed by atoms with van der Waals surface area (Å²) in [5.74, 6) is 4.42. The minimum absolute atomic E-state index is 0.224. The van der Waals surface area contributed by atoms with Gasteiger partial charge >= 0.3 is 5.97 Å². The van der Waals surface area contributed by atoms with Crippen LogP contribution in [-0.4, -0.2) is 42.1 Å². The van der Waals surface area contributed by atoms with Gasteiger partial charge in [0, 0.05) is 24.3 Å². The Morgan fingerprint density at radius 1 is 1.32 bits per heavy atom. The maximum absolute atomic E-state index is 12.3. The van der Waals surface area contributed by atoms with E-state index < -0.39 is 28.4 Å². The first kappa shape index (κ1) is 20.0. The van der Waals surface area contributed by atoms with Gasteiger partial charge in [0.15, 0.2) is 6.04 Å². The Hall–Kier alpha value is -3.08. The van der Waals surface area contributed by atoms with Gasteiger partial charge in [-0.1, -0.05) is 5.92 Å². The van der Waals surface area contributed by atoms with Crippen LogP contribution < -0.4 is 10.1 Å². The third-order valence-corrected chi connectivity index (χ3v) is 3.49. The topological polar surface area (TPSA) is 108 Å². The number of hydrogen-bond donors (Lipinski definition) is 1. The van der Waals surface area contributed by atoms with Crippen LogP contribution in [0.25, 0.3) is 0 Å².